The van der Waals surface area contributed by atoms with Crippen molar-refractivity contribution >= 4 is 18.0 Å². The maximum Gasteiger partial charge on any atom is 0.123 e. The van der Waals surface area contributed by atoms with Crippen LogP contribution < -0.4 is 0 Å². The first-order valence-corrected chi connectivity index (χ1v) is 7.01. The minimum Gasteiger partial charge on any atom is -0.363 e. The number of thioether (sulfide) groups is 1. The molecule has 1 aliphatic carbocycles. The van der Waals surface area contributed by atoms with Gasteiger partial charge in [0.05, 0.1) is 6.61 Å². The molecule has 0 N–H and O–H groups in total. The van der Waals surface area contributed by atoms with Crippen molar-refractivity contribution in [3.63, 3.8) is 0 Å². The summed E-state index contributed by atoms with van der Waals surface area (Å²) < 4.78 is 6.04. The average molecular weight is 240 g/mol. The van der Waals surface area contributed by atoms with Gasteiger partial charge >= 0.3 is 0 Å². The van der Waals surface area contributed by atoms with Crippen LogP contribution in [0.25, 0.3) is 0 Å². The molecule has 2 nitrogen and oxygen atoms in total. The van der Waals surface area contributed by atoms with Gasteiger partial charge < -0.3 is 9.53 Å². The van der Waals surface area contributed by atoms with Crippen LogP contribution >= 0.6 is 11.8 Å². The quantitative estimate of drug-likeness (QED) is 0.560. The monoisotopic (exact) mass is 240 g/mol. The topological polar surface area (TPSA) is 26.3 Å². The lowest BCUT2D eigenvalue weighted by Gasteiger charge is -2.51. The van der Waals surface area contributed by atoms with E-state index in [0.29, 0.717) is 0 Å². The van der Waals surface area contributed by atoms with E-state index in [0.717, 1.165) is 44.3 Å². The van der Waals surface area contributed by atoms with Gasteiger partial charge in [-0.1, -0.05) is 13.0 Å². The minimum absolute atomic E-state index is 0.0735. The normalized spacial score (nSPS) is 43.4. The standard InChI is InChI=1S/C13H20O2S/c1-3-6-12(2)11(10-14)5-4-7-13(12)15-8-9-16-13/h3,10-11H,1,4-9H2,2H3/t11-,12+,13-/m0/s1. The van der Waals surface area contributed by atoms with Gasteiger partial charge in [0, 0.05) is 17.1 Å². The Hall–Kier alpha value is -0.280. The summed E-state index contributed by atoms with van der Waals surface area (Å²) in [7, 11) is 0. The predicted molar refractivity (Wildman–Crippen MR) is 67.5 cm³/mol. The Morgan fingerprint density at radius 1 is 1.62 bits per heavy atom. The Labute approximate surface area is 102 Å². The minimum atomic E-state index is -0.134. The van der Waals surface area contributed by atoms with Gasteiger partial charge in [-0.25, -0.2) is 0 Å². The molecule has 0 aromatic rings. The van der Waals surface area contributed by atoms with Gasteiger partial charge in [0.25, 0.3) is 0 Å². The first kappa shape index (κ1) is 12.2. The lowest BCUT2D eigenvalue weighted by atomic mass is 9.64. The van der Waals surface area contributed by atoms with Gasteiger partial charge in [-0.2, -0.15) is 0 Å². The zero-order valence-electron chi connectivity index (χ0n) is 9.91. The average Bonchev–Trinajstić information content (AvgIpc) is 2.73. The highest BCUT2D eigenvalue weighted by Gasteiger charge is 2.56. The van der Waals surface area contributed by atoms with E-state index in [9.17, 15) is 4.79 Å². The highest BCUT2D eigenvalue weighted by atomic mass is 32.2. The zero-order valence-corrected chi connectivity index (χ0v) is 10.7. The molecular formula is C13H20O2S. The lowest BCUT2D eigenvalue weighted by Crippen LogP contribution is -2.51. The number of ether oxygens (including phenoxy) is 1. The van der Waals surface area contributed by atoms with E-state index < -0.39 is 0 Å². The molecular weight excluding hydrogens is 220 g/mol. The summed E-state index contributed by atoms with van der Waals surface area (Å²) in [6.45, 7) is 6.86. The molecule has 90 valence electrons. The second-order valence-electron chi connectivity index (χ2n) is 4.99. The number of hydrogen-bond donors (Lipinski definition) is 0. The fourth-order valence-electron chi connectivity index (χ4n) is 3.20. The maximum atomic E-state index is 11.3. The van der Waals surface area contributed by atoms with Crippen molar-refractivity contribution in [1.82, 2.24) is 0 Å². The molecule has 0 amide bonds. The summed E-state index contributed by atoms with van der Waals surface area (Å²) in [5.41, 5.74) is -0.0735. The molecule has 1 heterocycles. The molecule has 2 rings (SSSR count). The van der Waals surface area contributed by atoms with Crippen molar-refractivity contribution in [1.29, 1.82) is 0 Å². The van der Waals surface area contributed by atoms with Crippen LogP contribution in [-0.4, -0.2) is 23.6 Å². The van der Waals surface area contributed by atoms with Gasteiger partial charge in [-0.05, 0) is 25.7 Å². The fraction of sp³-hybridized carbons (Fsp3) is 0.769. The maximum absolute atomic E-state index is 11.3. The zero-order chi connectivity index (χ0) is 11.6. The summed E-state index contributed by atoms with van der Waals surface area (Å²) in [6.07, 6.45) is 7.11. The Morgan fingerprint density at radius 3 is 3.00 bits per heavy atom. The first-order valence-electron chi connectivity index (χ1n) is 6.03. The molecule has 3 heteroatoms. The van der Waals surface area contributed by atoms with Crippen LogP contribution in [0.4, 0.5) is 0 Å². The van der Waals surface area contributed by atoms with Crippen LogP contribution in [0.15, 0.2) is 12.7 Å². The molecule has 0 aromatic heterocycles. The molecule has 0 bridgehead atoms. The van der Waals surface area contributed by atoms with E-state index in [4.69, 9.17) is 4.74 Å². The van der Waals surface area contributed by atoms with Crippen LogP contribution in [0.2, 0.25) is 0 Å². The van der Waals surface area contributed by atoms with Crippen molar-refractivity contribution in [2.75, 3.05) is 12.4 Å². The second kappa shape index (κ2) is 4.53. The molecule has 3 atom stereocenters. The van der Waals surface area contributed by atoms with Crippen molar-refractivity contribution in [2.24, 2.45) is 11.3 Å². The smallest absolute Gasteiger partial charge is 0.123 e. The van der Waals surface area contributed by atoms with Gasteiger partial charge in [0.1, 0.15) is 11.2 Å². The van der Waals surface area contributed by atoms with Gasteiger partial charge in [-0.3, -0.25) is 0 Å². The van der Waals surface area contributed by atoms with Crippen LogP contribution in [-0.2, 0) is 9.53 Å². The van der Waals surface area contributed by atoms with Crippen molar-refractivity contribution < 1.29 is 9.53 Å². The van der Waals surface area contributed by atoms with Crippen LogP contribution in [0.1, 0.15) is 32.6 Å². The fourth-order valence-corrected chi connectivity index (χ4v) is 4.71. The molecule has 1 saturated heterocycles. The van der Waals surface area contributed by atoms with E-state index in [1.54, 1.807) is 0 Å². The molecule has 1 spiro atoms. The predicted octanol–water partition coefficient (Wildman–Crippen LogP) is 3.03. The Balaban J connectivity index is 2.33. The molecule has 0 radical (unpaired) electrons. The largest absolute Gasteiger partial charge is 0.363 e. The number of aldehydes is 1. The highest BCUT2D eigenvalue weighted by Crippen LogP contribution is 2.59. The molecule has 0 unspecified atom stereocenters. The third-order valence-corrected chi connectivity index (χ3v) is 5.82. The number of rotatable bonds is 3. The van der Waals surface area contributed by atoms with Crippen molar-refractivity contribution in [3.8, 4) is 0 Å². The summed E-state index contributed by atoms with van der Waals surface area (Å²) >= 11 is 1.90. The number of carbonyl (C=O) groups is 1. The summed E-state index contributed by atoms with van der Waals surface area (Å²) in [5, 5.41) is 0. The SMILES string of the molecule is C=CC[C@]1(C)[C@H](C=O)CCC[C@@]12OCCS2. The Kier molecular flexibility index (Phi) is 3.45. The third-order valence-electron chi connectivity index (χ3n) is 4.20. The van der Waals surface area contributed by atoms with Crippen LogP contribution in [0.5, 0.6) is 0 Å². The van der Waals surface area contributed by atoms with E-state index in [2.05, 4.69) is 13.5 Å². The first-order chi connectivity index (χ1) is 7.68. The van der Waals surface area contributed by atoms with Crippen LogP contribution in [0.3, 0.4) is 0 Å². The Morgan fingerprint density at radius 2 is 2.44 bits per heavy atom. The third kappa shape index (κ3) is 1.65. The van der Waals surface area contributed by atoms with E-state index in [1.807, 2.05) is 17.8 Å². The molecule has 1 saturated carbocycles. The molecule has 2 aliphatic rings. The molecule has 1 aliphatic heterocycles. The molecule has 16 heavy (non-hydrogen) atoms. The summed E-state index contributed by atoms with van der Waals surface area (Å²) in [5.74, 6) is 1.17. The van der Waals surface area contributed by atoms with Crippen molar-refractivity contribution in [3.05, 3.63) is 12.7 Å². The number of carbonyl (C=O) groups excluding carboxylic acids is 1. The van der Waals surface area contributed by atoms with E-state index in [1.165, 1.54) is 0 Å². The van der Waals surface area contributed by atoms with E-state index >= 15 is 0 Å². The second-order valence-corrected chi connectivity index (χ2v) is 6.35. The Bertz CT molecular complexity index is 284. The summed E-state index contributed by atoms with van der Waals surface area (Å²) in [6, 6.07) is 0. The van der Waals surface area contributed by atoms with Gasteiger partial charge in [0.2, 0.25) is 0 Å². The lowest BCUT2D eigenvalue weighted by molar-refractivity contribution is -0.131. The number of allylic oxidation sites excluding steroid dienone is 1. The number of hydrogen-bond acceptors (Lipinski definition) is 3. The van der Waals surface area contributed by atoms with Gasteiger partial charge in [0.15, 0.2) is 0 Å². The van der Waals surface area contributed by atoms with Crippen LogP contribution in [0, 0.1) is 11.3 Å². The molecule has 0 aromatic carbocycles. The summed E-state index contributed by atoms with van der Waals surface area (Å²) in [4.78, 5) is 11.2. The van der Waals surface area contributed by atoms with Crippen molar-refractivity contribution in [2.45, 2.75) is 37.5 Å². The highest BCUT2D eigenvalue weighted by molar-refractivity contribution is 8.00. The molecule has 2 fully saturated rings. The van der Waals surface area contributed by atoms with E-state index in [-0.39, 0.29) is 16.3 Å². The van der Waals surface area contributed by atoms with Gasteiger partial charge in [-0.15, -0.1) is 18.3 Å².